The van der Waals surface area contributed by atoms with E-state index in [4.69, 9.17) is 4.74 Å². The highest BCUT2D eigenvalue weighted by Crippen LogP contribution is 2.42. The highest BCUT2D eigenvalue weighted by atomic mass is 19.1. The van der Waals surface area contributed by atoms with Crippen LogP contribution in [-0.4, -0.2) is 47.6 Å². The van der Waals surface area contributed by atoms with Crippen molar-refractivity contribution in [2.24, 2.45) is 0 Å². The van der Waals surface area contributed by atoms with Crippen LogP contribution in [0.4, 0.5) is 14.9 Å². The Morgan fingerprint density at radius 3 is 2.76 bits per heavy atom. The molecule has 1 fully saturated rings. The fourth-order valence-electron chi connectivity index (χ4n) is 4.01. The van der Waals surface area contributed by atoms with Gasteiger partial charge in [0, 0.05) is 50.3 Å². The smallest absolute Gasteiger partial charge is 0.412 e. The molecule has 4 rings (SSSR count). The van der Waals surface area contributed by atoms with Crippen LogP contribution in [0.1, 0.15) is 35.8 Å². The minimum atomic E-state index is -0.698. The molecule has 1 spiro atoms. The Morgan fingerprint density at radius 1 is 1.31 bits per heavy atom. The van der Waals surface area contributed by atoms with Gasteiger partial charge in [-0.2, -0.15) is 0 Å². The number of piperidine rings is 1. The van der Waals surface area contributed by atoms with E-state index < -0.39 is 11.7 Å². The molecule has 0 bridgehead atoms. The normalized spacial score (nSPS) is 19.0. The molecule has 1 saturated heterocycles. The number of nitrogens with zero attached hydrogens (tertiary/aromatic N) is 2. The summed E-state index contributed by atoms with van der Waals surface area (Å²) in [6.45, 7) is 4.05. The molecule has 8 heteroatoms. The second-order valence-electron chi connectivity index (χ2n) is 7.59. The molecule has 0 aliphatic carbocycles. The minimum Gasteiger partial charge on any atom is -0.436 e. The third-order valence-corrected chi connectivity index (χ3v) is 5.44. The number of fused-ring (bicyclic) bond motifs is 2. The zero-order chi connectivity index (χ0) is 20.4. The Hall–Kier alpha value is -3.00. The predicted octanol–water partition coefficient (Wildman–Crippen LogP) is 2.89. The first-order valence-corrected chi connectivity index (χ1v) is 9.69. The average molecular weight is 398 g/mol. The molecule has 2 aromatic rings. The summed E-state index contributed by atoms with van der Waals surface area (Å²) in [5.41, 5.74) is 1.21. The van der Waals surface area contributed by atoms with Crippen molar-refractivity contribution in [2.75, 3.05) is 25.0 Å². The lowest BCUT2D eigenvalue weighted by atomic mass is 9.85. The summed E-state index contributed by atoms with van der Waals surface area (Å²) in [7, 11) is 0. The number of nitrogens with one attached hydrogen (secondary N) is 2. The second kappa shape index (κ2) is 7.79. The summed E-state index contributed by atoms with van der Waals surface area (Å²) in [6, 6.07) is 9.03. The first kappa shape index (κ1) is 19.3. The number of hydrogen-bond acceptors (Lipinski definition) is 5. The highest BCUT2D eigenvalue weighted by molar-refractivity contribution is 5.94. The number of anilines is 1. The number of likely N-dealkylation sites (tertiary alicyclic amines) is 1. The Labute approximate surface area is 168 Å². The van der Waals surface area contributed by atoms with Crippen LogP contribution in [0.15, 0.2) is 42.6 Å². The first-order valence-electron chi connectivity index (χ1n) is 9.69. The van der Waals surface area contributed by atoms with E-state index in [2.05, 4.69) is 20.5 Å². The standard InChI is InChI=1S/C21H23FN4O3/c1-14(24-19(27)15-4-6-16(22)7-5-15)13-26-11-8-21(9-12-26)18-17(3-2-10-23-18)25-20(28)29-21/h2-7,10,14H,8-9,11-13H2,1H3,(H,24,27)(H,25,28)/t14-/m0/s1. The molecule has 1 atom stereocenters. The molecule has 1 aromatic carbocycles. The van der Waals surface area contributed by atoms with E-state index >= 15 is 0 Å². The Bertz CT molecular complexity index is 910. The Balaban J connectivity index is 1.35. The van der Waals surface area contributed by atoms with Crippen LogP contribution in [0.3, 0.4) is 0 Å². The average Bonchev–Trinajstić information content (AvgIpc) is 2.70. The summed E-state index contributed by atoms with van der Waals surface area (Å²) in [6.07, 6.45) is 2.55. The minimum absolute atomic E-state index is 0.0809. The first-order chi connectivity index (χ1) is 13.9. The number of pyridine rings is 1. The maximum absolute atomic E-state index is 13.0. The molecule has 1 aromatic heterocycles. The summed E-state index contributed by atoms with van der Waals surface area (Å²) >= 11 is 0. The molecular weight excluding hydrogens is 375 g/mol. The van der Waals surface area contributed by atoms with Crippen LogP contribution in [0.5, 0.6) is 0 Å². The van der Waals surface area contributed by atoms with Crippen molar-refractivity contribution in [3.8, 4) is 0 Å². The number of amides is 2. The van der Waals surface area contributed by atoms with Crippen LogP contribution in [-0.2, 0) is 10.3 Å². The van der Waals surface area contributed by atoms with Crippen molar-refractivity contribution >= 4 is 17.7 Å². The van der Waals surface area contributed by atoms with Gasteiger partial charge in [0.05, 0.1) is 5.69 Å². The van der Waals surface area contributed by atoms with Crippen LogP contribution in [0.25, 0.3) is 0 Å². The lowest BCUT2D eigenvalue weighted by Crippen LogP contribution is -2.51. The summed E-state index contributed by atoms with van der Waals surface area (Å²) in [5.74, 6) is -0.595. The molecule has 2 N–H and O–H groups in total. The molecule has 0 radical (unpaired) electrons. The predicted molar refractivity (Wildman–Crippen MR) is 105 cm³/mol. The maximum Gasteiger partial charge on any atom is 0.412 e. The van der Waals surface area contributed by atoms with Crippen molar-refractivity contribution in [1.29, 1.82) is 0 Å². The Kier molecular flexibility index (Phi) is 5.19. The molecule has 2 amide bonds. The van der Waals surface area contributed by atoms with Gasteiger partial charge in [-0.05, 0) is 43.3 Å². The molecule has 2 aliphatic rings. The number of ether oxygens (including phenoxy) is 1. The monoisotopic (exact) mass is 398 g/mol. The van der Waals surface area contributed by atoms with Crippen molar-refractivity contribution in [3.05, 3.63) is 59.7 Å². The molecule has 2 aliphatic heterocycles. The van der Waals surface area contributed by atoms with E-state index in [0.717, 1.165) is 18.8 Å². The van der Waals surface area contributed by atoms with Gasteiger partial charge in [-0.15, -0.1) is 0 Å². The van der Waals surface area contributed by atoms with Crippen LogP contribution >= 0.6 is 0 Å². The number of rotatable bonds is 4. The fraction of sp³-hybridized carbons (Fsp3) is 0.381. The number of carbonyl (C=O) groups excluding carboxylic acids is 2. The second-order valence-corrected chi connectivity index (χ2v) is 7.59. The quantitative estimate of drug-likeness (QED) is 0.828. The van der Waals surface area contributed by atoms with Gasteiger partial charge < -0.3 is 15.0 Å². The van der Waals surface area contributed by atoms with E-state index in [0.29, 0.717) is 30.6 Å². The summed E-state index contributed by atoms with van der Waals surface area (Å²) in [5, 5.41) is 5.65. The number of aromatic nitrogens is 1. The maximum atomic E-state index is 13.0. The molecule has 0 saturated carbocycles. The van der Waals surface area contributed by atoms with Gasteiger partial charge in [-0.25, -0.2) is 9.18 Å². The lowest BCUT2D eigenvalue weighted by molar-refractivity contribution is -0.0419. The molecule has 7 nitrogen and oxygen atoms in total. The van der Waals surface area contributed by atoms with Crippen molar-refractivity contribution in [1.82, 2.24) is 15.2 Å². The lowest BCUT2D eigenvalue weighted by Gasteiger charge is -2.43. The largest absolute Gasteiger partial charge is 0.436 e. The fourth-order valence-corrected chi connectivity index (χ4v) is 4.01. The van der Waals surface area contributed by atoms with Gasteiger partial charge in [-0.1, -0.05) is 0 Å². The zero-order valence-electron chi connectivity index (χ0n) is 16.2. The number of hydrogen-bond donors (Lipinski definition) is 2. The van der Waals surface area contributed by atoms with Gasteiger partial charge in [0.25, 0.3) is 5.91 Å². The van der Waals surface area contributed by atoms with E-state index in [1.807, 2.05) is 13.0 Å². The molecule has 152 valence electrons. The summed E-state index contributed by atoms with van der Waals surface area (Å²) < 4.78 is 18.7. The third-order valence-electron chi connectivity index (χ3n) is 5.44. The summed E-state index contributed by atoms with van der Waals surface area (Å²) in [4.78, 5) is 31.0. The van der Waals surface area contributed by atoms with Crippen LogP contribution in [0, 0.1) is 5.82 Å². The Morgan fingerprint density at radius 2 is 2.03 bits per heavy atom. The topological polar surface area (TPSA) is 83.6 Å². The number of benzene rings is 1. The molecule has 3 heterocycles. The highest BCUT2D eigenvalue weighted by Gasteiger charge is 2.45. The third kappa shape index (κ3) is 4.07. The van der Waals surface area contributed by atoms with E-state index in [1.54, 1.807) is 12.3 Å². The van der Waals surface area contributed by atoms with Gasteiger partial charge in [0.2, 0.25) is 0 Å². The number of halogens is 1. The van der Waals surface area contributed by atoms with Gasteiger partial charge >= 0.3 is 6.09 Å². The van der Waals surface area contributed by atoms with Gasteiger partial charge in [0.1, 0.15) is 11.5 Å². The van der Waals surface area contributed by atoms with Gasteiger partial charge in [0.15, 0.2) is 5.60 Å². The van der Waals surface area contributed by atoms with Crippen molar-refractivity contribution in [3.63, 3.8) is 0 Å². The van der Waals surface area contributed by atoms with Crippen molar-refractivity contribution < 1.29 is 18.7 Å². The van der Waals surface area contributed by atoms with Crippen LogP contribution in [0.2, 0.25) is 0 Å². The van der Waals surface area contributed by atoms with Crippen molar-refractivity contribution in [2.45, 2.75) is 31.4 Å². The number of carbonyl (C=O) groups is 2. The zero-order valence-corrected chi connectivity index (χ0v) is 16.2. The molecule has 0 unspecified atom stereocenters. The van der Waals surface area contributed by atoms with E-state index in [-0.39, 0.29) is 17.8 Å². The van der Waals surface area contributed by atoms with Crippen LogP contribution < -0.4 is 10.6 Å². The van der Waals surface area contributed by atoms with E-state index in [9.17, 15) is 14.0 Å². The SMILES string of the molecule is C[C@@H](CN1CCC2(CC1)OC(=O)Nc1cccnc12)NC(=O)c1ccc(F)cc1. The molecule has 29 heavy (non-hydrogen) atoms. The van der Waals surface area contributed by atoms with E-state index in [1.165, 1.54) is 24.3 Å². The van der Waals surface area contributed by atoms with Gasteiger partial charge in [-0.3, -0.25) is 15.1 Å². The molecular formula is C21H23FN4O3.